The van der Waals surface area contributed by atoms with E-state index in [4.69, 9.17) is 16.6 Å². The first-order valence-electron chi connectivity index (χ1n) is 19.4. The number of benzene rings is 3. The maximum absolute atomic E-state index is 15.2. The second-order valence-corrected chi connectivity index (χ2v) is 16.3. The van der Waals surface area contributed by atoms with Gasteiger partial charge < -0.3 is 9.80 Å². The lowest BCUT2D eigenvalue weighted by atomic mass is 9.83. The number of aromatic nitrogens is 3. The molecule has 0 radical (unpaired) electrons. The molecule has 0 N–H and O–H groups in total. The smallest absolute Gasteiger partial charge is 0.282 e. The van der Waals surface area contributed by atoms with Gasteiger partial charge in [0.2, 0.25) is 11.8 Å². The molecule has 0 aliphatic carbocycles. The molecule has 3 aromatic carbocycles. The van der Waals surface area contributed by atoms with Crippen LogP contribution in [-0.4, -0.2) is 70.5 Å². The van der Waals surface area contributed by atoms with Gasteiger partial charge >= 0.3 is 0 Å². The minimum atomic E-state index is -0.905. The zero-order valence-electron chi connectivity index (χ0n) is 31.4. The maximum atomic E-state index is 15.2. The average molecular weight is 778 g/mol. The second-order valence-electron chi connectivity index (χ2n) is 15.9. The number of piperazine rings is 1. The van der Waals surface area contributed by atoms with Crippen LogP contribution in [0.4, 0.5) is 26.0 Å². The average Bonchev–Trinajstić information content (AvgIpc) is 3.41. The summed E-state index contributed by atoms with van der Waals surface area (Å²) in [6.45, 7) is 9.29. The molecule has 13 heteroatoms. The molecule has 2 amide bonds. The Hall–Kier alpha value is -5.20. The van der Waals surface area contributed by atoms with E-state index in [0.29, 0.717) is 66.1 Å². The predicted octanol–water partition coefficient (Wildman–Crippen LogP) is 7.10. The van der Waals surface area contributed by atoms with E-state index in [1.807, 2.05) is 23.2 Å². The van der Waals surface area contributed by atoms with Crippen molar-refractivity contribution < 1.29 is 18.4 Å². The summed E-state index contributed by atoms with van der Waals surface area (Å²) in [7, 11) is 0. The Morgan fingerprint density at radius 1 is 0.839 bits per heavy atom. The molecule has 0 spiro atoms. The van der Waals surface area contributed by atoms with E-state index in [2.05, 4.69) is 63.5 Å². The van der Waals surface area contributed by atoms with E-state index in [0.717, 1.165) is 59.9 Å². The molecule has 5 aromatic rings. The molecular weight excluding hydrogens is 736 g/mol. The SMILES string of the molecule is CC1(C)c2ccc(C3CCN(c4ccc(CN5CCN(c6cc(F)c(N7C(=O)CCCC7=O)c(F)c6)CC5)cn4)CC3)cc2-n2c1nc(=O)c1c(Cl)cccc12. The van der Waals surface area contributed by atoms with Crippen molar-refractivity contribution in [3.63, 3.8) is 0 Å². The lowest BCUT2D eigenvalue weighted by Crippen LogP contribution is -2.46. The van der Waals surface area contributed by atoms with Gasteiger partial charge in [-0.3, -0.25) is 23.9 Å². The number of anilines is 3. The first-order chi connectivity index (χ1) is 27.0. The summed E-state index contributed by atoms with van der Waals surface area (Å²) in [5, 5.41) is 0.861. The fourth-order valence-corrected chi connectivity index (χ4v) is 9.29. The number of halogens is 3. The maximum Gasteiger partial charge on any atom is 0.282 e. The fourth-order valence-electron chi connectivity index (χ4n) is 9.04. The minimum absolute atomic E-state index is 0.0945. The van der Waals surface area contributed by atoms with Crippen molar-refractivity contribution in [3.8, 4) is 5.69 Å². The lowest BCUT2D eigenvalue weighted by molar-refractivity contribution is -0.129. The third-order valence-electron chi connectivity index (χ3n) is 12.1. The van der Waals surface area contributed by atoms with Gasteiger partial charge in [0.1, 0.15) is 17.3 Å². The second kappa shape index (κ2) is 14.1. The summed E-state index contributed by atoms with van der Waals surface area (Å²) in [6, 6.07) is 19.0. The third kappa shape index (κ3) is 6.23. The molecule has 288 valence electrons. The highest BCUT2D eigenvalue weighted by Crippen LogP contribution is 2.45. The van der Waals surface area contributed by atoms with Gasteiger partial charge in [-0.2, -0.15) is 4.98 Å². The van der Waals surface area contributed by atoms with Crippen molar-refractivity contribution in [1.82, 2.24) is 19.4 Å². The number of piperidine rings is 2. The number of rotatable bonds is 6. The van der Waals surface area contributed by atoms with E-state index in [-0.39, 0.29) is 18.4 Å². The van der Waals surface area contributed by atoms with Gasteiger partial charge in [0, 0.05) is 70.5 Å². The number of pyridine rings is 1. The number of hydrogen-bond acceptors (Lipinski definition) is 8. The first-order valence-corrected chi connectivity index (χ1v) is 19.7. The predicted molar refractivity (Wildman–Crippen MR) is 213 cm³/mol. The van der Waals surface area contributed by atoms with Crippen LogP contribution in [0.2, 0.25) is 5.02 Å². The Bertz CT molecular complexity index is 2420. The summed E-state index contributed by atoms with van der Waals surface area (Å²) in [4.78, 5) is 54.2. The Morgan fingerprint density at radius 2 is 1.55 bits per heavy atom. The number of amides is 2. The number of carbonyl (C=O) groups is 2. The van der Waals surface area contributed by atoms with Crippen LogP contribution in [-0.2, 0) is 21.5 Å². The molecule has 56 heavy (non-hydrogen) atoms. The summed E-state index contributed by atoms with van der Waals surface area (Å²) >= 11 is 6.49. The van der Waals surface area contributed by atoms with Crippen LogP contribution < -0.4 is 20.3 Å². The molecule has 6 heterocycles. The molecule has 0 unspecified atom stereocenters. The van der Waals surface area contributed by atoms with Crippen molar-refractivity contribution in [3.05, 3.63) is 116 Å². The number of hydrogen-bond donors (Lipinski definition) is 0. The molecule has 9 rings (SSSR count). The van der Waals surface area contributed by atoms with Gasteiger partial charge in [-0.25, -0.2) is 18.7 Å². The first kappa shape index (κ1) is 36.4. The van der Waals surface area contributed by atoms with Gasteiger partial charge in [0.15, 0.2) is 11.6 Å². The van der Waals surface area contributed by atoms with Crippen molar-refractivity contribution in [1.29, 1.82) is 0 Å². The van der Waals surface area contributed by atoms with Crippen LogP contribution in [0.25, 0.3) is 16.6 Å². The Labute approximate surface area is 328 Å². The molecular formula is C43H42ClF2N7O3. The third-order valence-corrected chi connectivity index (χ3v) is 12.4. The molecule has 0 atom stereocenters. The van der Waals surface area contributed by atoms with Gasteiger partial charge in [-0.15, -0.1) is 0 Å². The van der Waals surface area contributed by atoms with Gasteiger partial charge in [-0.05, 0) is 92.1 Å². The van der Waals surface area contributed by atoms with Crippen LogP contribution in [0.1, 0.15) is 74.4 Å². The Morgan fingerprint density at radius 3 is 2.23 bits per heavy atom. The standard InChI is InChI=1S/C43H42ClF2N7O3/c1-43(2)30-11-10-28(21-35(30)52-34-6-3-5-31(44)39(34)41(56)48-42(43)52)27-13-15-51(16-14-27)36-12-9-26(24-47-36)25-49-17-19-50(20-18-49)29-22-32(45)40(33(46)23-29)53-37(54)7-4-8-38(53)55/h3,5-6,9-12,21-24,27H,4,7-8,13-20,25H2,1-2H3. The van der Waals surface area contributed by atoms with Crippen LogP contribution in [0, 0.1) is 11.6 Å². The number of imide groups is 1. The monoisotopic (exact) mass is 777 g/mol. The van der Waals surface area contributed by atoms with E-state index in [1.54, 1.807) is 6.07 Å². The fraction of sp³-hybridized carbons (Fsp3) is 0.372. The summed E-state index contributed by atoms with van der Waals surface area (Å²) in [5.74, 6) is -0.877. The number of nitrogens with zero attached hydrogens (tertiary/aromatic N) is 7. The van der Waals surface area contributed by atoms with E-state index < -0.39 is 34.6 Å². The van der Waals surface area contributed by atoms with E-state index >= 15 is 8.78 Å². The Kier molecular flexibility index (Phi) is 9.16. The quantitative estimate of drug-likeness (QED) is 0.169. The normalized spacial score (nSPS) is 18.8. The van der Waals surface area contributed by atoms with Crippen molar-refractivity contribution in [2.75, 3.05) is 54.0 Å². The van der Waals surface area contributed by atoms with Gasteiger partial charge in [-0.1, -0.05) is 35.9 Å². The van der Waals surface area contributed by atoms with Crippen LogP contribution in [0.15, 0.2) is 71.7 Å². The molecule has 0 bridgehead atoms. The summed E-state index contributed by atoms with van der Waals surface area (Å²) in [6.07, 6.45) is 4.50. The molecule has 2 aromatic heterocycles. The zero-order valence-corrected chi connectivity index (χ0v) is 32.2. The highest BCUT2D eigenvalue weighted by Gasteiger charge is 2.39. The van der Waals surface area contributed by atoms with Crippen molar-refractivity contribution in [2.45, 2.75) is 63.8 Å². The van der Waals surface area contributed by atoms with Gasteiger partial charge in [0.05, 0.1) is 27.0 Å². The molecule has 4 aliphatic heterocycles. The number of fused-ring (bicyclic) bond motifs is 5. The topological polar surface area (TPSA) is 94.9 Å². The molecule has 3 saturated heterocycles. The molecule has 10 nitrogen and oxygen atoms in total. The Balaban J connectivity index is 0.816. The highest BCUT2D eigenvalue weighted by molar-refractivity contribution is 6.35. The van der Waals surface area contributed by atoms with Crippen molar-refractivity contribution in [2.24, 2.45) is 0 Å². The van der Waals surface area contributed by atoms with Crippen LogP contribution in [0.3, 0.4) is 0 Å². The van der Waals surface area contributed by atoms with E-state index in [9.17, 15) is 14.4 Å². The minimum Gasteiger partial charge on any atom is -0.369 e. The van der Waals surface area contributed by atoms with Crippen LogP contribution in [0.5, 0.6) is 0 Å². The summed E-state index contributed by atoms with van der Waals surface area (Å²) < 4.78 is 32.4. The zero-order chi connectivity index (χ0) is 38.9. The molecule has 0 saturated carbocycles. The van der Waals surface area contributed by atoms with E-state index in [1.165, 1.54) is 17.7 Å². The largest absolute Gasteiger partial charge is 0.369 e. The molecule has 4 aliphatic rings. The highest BCUT2D eigenvalue weighted by atomic mass is 35.5. The lowest BCUT2D eigenvalue weighted by Gasteiger charge is -2.36. The van der Waals surface area contributed by atoms with Crippen LogP contribution >= 0.6 is 11.6 Å². The summed E-state index contributed by atoms with van der Waals surface area (Å²) in [5.41, 5.74) is 4.47. The van der Waals surface area contributed by atoms with Crippen molar-refractivity contribution >= 4 is 51.5 Å². The van der Waals surface area contributed by atoms with Gasteiger partial charge in [0.25, 0.3) is 5.56 Å². The molecule has 3 fully saturated rings. The number of carbonyl (C=O) groups excluding carboxylic acids is 2.